The Balaban J connectivity index is 1.37. The Hall–Kier alpha value is -4.89. The molecule has 0 aliphatic carbocycles. The van der Waals surface area contributed by atoms with E-state index >= 15 is 0 Å². The SMILES string of the molecule is C=C/C(=C\C(=C/C)c1ccc2[nH]nc(-c3nc4c(-c5cc(F)cc(CN6CCC6)c5)cncc4[nH]3)c2c1)NC(=O)C(C)C. The third kappa shape index (κ3) is 5.76. The Morgan fingerprint density at radius 1 is 1.16 bits per heavy atom. The molecule has 1 fully saturated rings. The summed E-state index contributed by atoms with van der Waals surface area (Å²) in [5.74, 6) is 0.0934. The minimum absolute atomic E-state index is 0.0708. The van der Waals surface area contributed by atoms with Crippen molar-refractivity contribution in [2.24, 2.45) is 5.92 Å². The molecular formula is C34H34FN7O. The number of hydrogen-bond acceptors (Lipinski definition) is 5. The fourth-order valence-corrected chi connectivity index (χ4v) is 5.26. The largest absolute Gasteiger partial charge is 0.335 e. The zero-order chi connectivity index (χ0) is 30.1. The number of aromatic amines is 2. The number of hydrogen-bond donors (Lipinski definition) is 3. The number of carbonyl (C=O) groups excluding carboxylic acids is 1. The zero-order valence-electron chi connectivity index (χ0n) is 24.5. The molecule has 0 radical (unpaired) electrons. The van der Waals surface area contributed by atoms with Crippen LogP contribution in [0.4, 0.5) is 4.39 Å². The van der Waals surface area contributed by atoms with E-state index in [2.05, 4.69) is 37.0 Å². The second-order valence-electron chi connectivity index (χ2n) is 11.2. The summed E-state index contributed by atoms with van der Waals surface area (Å²) in [7, 11) is 0. The van der Waals surface area contributed by atoms with Crippen LogP contribution in [0.3, 0.4) is 0 Å². The van der Waals surface area contributed by atoms with Crippen molar-refractivity contribution in [2.75, 3.05) is 13.1 Å². The first kappa shape index (κ1) is 28.2. The maximum absolute atomic E-state index is 14.7. The van der Waals surface area contributed by atoms with Crippen LogP contribution < -0.4 is 5.32 Å². The van der Waals surface area contributed by atoms with E-state index in [1.165, 1.54) is 12.5 Å². The van der Waals surface area contributed by atoms with Gasteiger partial charge in [-0.3, -0.25) is 19.8 Å². The fraction of sp³-hybridized carbons (Fsp3) is 0.235. The monoisotopic (exact) mass is 575 g/mol. The van der Waals surface area contributed by atoms with Gasteiger partial charge in [0.05, 0.1) is 22.7 Å². The van der Waals surface area contributed by atoms with Crippen LogP contribution in [0.15, 0.2) is 79.3 Å². The average molecular weight is 576 g/mol. The van der Waals surface area contributed by atoms with Gasteiger partial charge in [-0.25, -0.2) is 9.37 Å². The number of likely N-dealkylation sites (tertiary alicyclic amines) is 1. The number of benzene rings is 2. The van der Waals surface area contributed by atoms with Gasteiger partial charge in [0.15, 0.2) is 5.82 Å². The lowest BCUT2D eigenvalue weighted by Crippen LogP contribution is -2.36. The summed E-state index contributed by atoms with van der Waals surface area (Å²) in [5.41, 5.74) is 7.89. The molecule has 3 N–H and O–H groups in total. The minimum atomic E-state index is -0.274. The third-order valence-corrected chi connectivity index (χ3v) is 7.77. The van der Waals surface area contributed by atoms with Crippen LogP contribution in [0.25, 0.3) is 50.2 Å². The van der Waals surface area contributed by atoms with E-state index in [0.717, 1.165) is 63.9 Å². The Morgan fingerprint density at radius 3 is 2.72 bits per heavy atom. The van der Waals surface area contributed by atoms with Gasteiger partial charge in [-0.1, -0.05) is 32.6 Å². The number of aromatic nitrogens is 5. The molecule has 5 aromatic rings. The van der Waals surface area contributed by atoms with Gasteiger partial charge in [-0.15, -0.1) is 0 Å². The van der Waals surface area contributed by atoms with Crippen LogP contribution in [-0.2, 0) is 11.3 Å². The van der Waals surface area contributed by atoms with Gasteiger partial charge in [-0.2, -0.15) is 5.10 Å². The molecule has 1 amide bonds. The van der Waals surface area contributed by atoms with E-state index in [-0.39, 0.29) is 17.6 Å². The number of carbonyl (C=O) groups is 1. The number of pyridine rings is 1. The summed E-state index contributed by atoms with van der Waals surface area (Å²) in [6.07, 6.45) is 10.2. The third-order valence-electron chi connectivity index (χ3n) is 7.77. The van der Waals surface area contributed by atoms with Crippen LogP contribution in [0.2, 0.25) is 0 Å². The number of allylic oxidation sites excluding steroid dienone is 4. The van der Waals surface area contributed by atoms with Crippen molar-refractivity contribution >= 4 is 33.4 Å². The van der Waals surface area contributed by atoms with Crippen molar-refractivity contribution in [1.82, 2.24) is 35.4 Å². The van der Waals surface area contributed by atoms with Crippen molar-refractivity contribution in [3.8, 4) is 22.6 Å². The molecule has 4 heterocycles. The number of nitrogens with zero attached hydrogens (tertiary/aromatic N) is 4. The number of nitrogens with one attached hydrogen (secondary N) is 3. The van der Waals surface area contributed by atoms with Crippen LogP contribution in [0.1, 0.15) is 38.3 Å². The molecule has 1 aliphatic rings. The van der Waals surface area contributed by atoms with E-state index in [9.17, 15) is 9.18 Å². The van der Waals surface area contributed by atoms with Crippen molar-refractivity contribution in [1.29, 1.82) is 0 Å². The molecule has 0 unspecified atom stereocenters. The Morgan fingerprint density at radius 2 is 2.00 bits per heavy atom. The molecule has 1 saturated heterocycles. The van der Waals surface area contributed by atoms with E-state index in [1.54, 1.807) is 24.5 Å². The highest BCUT2D eigenvalue weighted by Gasteiger charge is 2.19. The van der Waals surface area contributed by atoms with E-state index in [4.69, 9.17) is 4.98 Å². The number of fused-ring (bicyclic) bond motifs is 2. The van der Waals surface area contributed by atoms with E-state index < -0.39 is 0 Å². The molecule has 0 saturated carbocycles. The summed E-state index contributed by atoms with van der Waals surface area (Å²) in [5, 5.41) is 11.5. The lowest BCUT2D eigenvalue weighted by Gasteiger charge is -2.30. The van der Waals surface area contributed by atoms with Crippen molar-refractivity contribution in [3.05, 3.63) is 96.2 Å². The van der Waals surface area contributed by atoms with Crippen molar-refractivity contribution in [3.63, 3.8) is 0 Å². The highest BCUT2D eigenvalue weighted by atomic mass is 19.1. The first-order chi connectivity index (χ1) is 20.8. The standard InChI is InChI=1S/C34H34FN7O/c1-5-22(15-26(6-2)37-34(43)20(3)4)23-8-9-29-27(16-23)32(41-40-29)33-38-30-18-36-17-28(31(30)39-33)24-12-21(13-25(35)14-24)19-42-10-7-11-42/h5-6,8-9,12-18,20H,2,7,10-11,19H2,1,3-4H3,(H,37,43)(H,38,39)(H,40,41)/b22-5+,26-15+. The molecule has 8 nitrogen and oxygen atoms in total. The van der Waals surface area contributed by atoms with Crippen LogP contribution in [0, 0.1) is 11.7 Å². The second kappa shape index (κ2) is 11.8. The van der Waals surface area contributed by atoms with E-state index in [1.807, 2.05) is 57.2 Å². The maximum Gasteiger partial charge on any atom is 0.226 e. The van der Waals surface area contributed by atoms with Crippen molar-refractivity contribution < 1.29 is 9.18 Å². The number of rotatable bonds is 9. The smallest absolute Gasteiger partial charge is 0.226 e. The first-order valence-corrected chi connectivity index (χ1v) is 14.5. The summed E-state index contributed by atoms with van der Waals surface area (Å²) in [6.45, 7) is 12.3. The van der Waals surface area contributed by atoms with Gasteiger partial charge in [0, 0.05) is 35.3 Å². The van der Waals surface area contributed by atoms with Gasteiger partial charge < -0.3 is 10.3 Å². The normalized spacial score (nSPS) is 14.4. The maximum atomic E-state index is 14.7. The number of halogens is 1. The molecule has 9 heteroatoms. The molecule has 43 heavy (non-hydrogen) atoms. The van der Waals surface area contributed by atoms with Crippen LogP contribution in [-0.4, -0.2) is 49.0 Å². The number of amides is 1. The Bertz CT molecular complexity index is 1910. The Labute approximate surface area is 249 Å². The van der Waals surface area contributed by atoms with E-state index in [0.29, 0.717) is 22.7 Å². The quantitative estimate of drug-likeness (QED) is 0.169. The first-order valence-electron chi connectivity index (χ1n) is 14.5. The topological polar surface area (TPSA) is 103 Å². The lowest BCUT2D eigenvalue weighted by molar-refractivity contribution is -0.123. The number of imidazole rings is 1. The summed E-state index contributed by atoms with van der Waals surface area (Å²) in [6, 6.07) is 11.2. The molecule has 218 valence electrons. The zero-order valence-corrected chi connectivity index (χ0v) is 24.5. The van der Waals surface area contributed by atoms with Crippen LogP contribution >= 0.6 is 0 Å². The minimum Gasteiger partial charge on any atom is -0.335 e. The van der Waals surface area contributed by atoms with Gasteiger partial charge in [0.25, 0.3) is 0 Å². The molecule has 0 atom stereocenters. The van der Waals surface area contributed by atoms with Gasteiger partial charge in [-0.05, 0) is 91.2 Å². The Kier molecular flexibility index (Phi) is 7.73. The highest BCUT2D eigenvalue weighted by molar-refractivity contribution is 5.98. The number of H-pyrrole nitrogens is 2. The second-order valence-corrected chi connectivity index (χ2v) is 11.2. The summed E-state index contributed by atoms with van der Waals surface area (Å²) < 4.78 is 14.7. The van der Waals surface area contributed by atoms with Crippen molar-refractivity contribution in [2.45, 2.75) is 33.7 Å². The predicted octanol–water partition coefficient (Wildman–Crippen LogP) is 6.76. The summed E-state index contributed by atoms with van der Waals surface area (Å²) >= 11 is 0. The summed E-state index contributed by atoms with van der Waals surface area (Å²) in [4.78, 5) is 27.3. The highest BCUT2D eigenvalue weighted by Crippen LogP contribution is 2.33. The molecular weight excluding hydrogens is 541 g/mol. The fourth-order valence-electron chi connectivity index (χ4n) is 5.26. The van der Waals surface area contributed by atoms with Gasteiger partial charge in [0.1, 0.15) is 11.5 Å². The molecule has 0 bridgehead atoms. The molecule has 1 aliphatic heterocycles. The molecule has 0 spiro atoms. The average Bonchev–Trinajstić information content (AvgIpc) is 3.60. The molecule has 2 aromatic carbocycles. The van der Waals surface area contributed by atoms with Gasteiger partial charge >= 0.3 is 0 Å². The lowest BCUT2D eigenvalue weighted by atomic mass is 10.0. The van der Waals surface area contributed by atoms with Crippen LogP contribution in [0.5, 0.6) is 0 Å². The predicted molar refractivity (Wildman–Crippen MR) is 169 cm³/mol. The molecule has 3 aromatic heterocycles. The molecule has 6 rings (SSSR count). The van der Waals surface area contributed by atoms with Gasteiger partial charge in [0.2, 0.25) is 5.91 Å².